The first-order chi connectivity index (χ1) is 7.51. The zero-order valence-electron chi connectivity index (χ0n) is 8.31. The van der Waals surface area contributed by atoms with Gasteiger partial charge in [-0.1, -0.05) is 0 Å². The lowest BCUT2D eigenvalue weighted by Crippen LogP contribution is -2.08. The average molecular weight is 233 g/mol. The Balaban J connectivity index is 3.47. The number of aromatic nitrogens is 1. The molecule has 0 unspecified atom stereocenters. The summed E-state index contributed by atoms with van der Waals surface area (Å²) in [6.07, 6.45) is -3.00. The van der Waals surface area contributed by atoms with Crippen LogP contribution in [0, 0.1) is 10.1 Å². The largest absolute Gasteiger partial charge is 0.463 e. The first-order valence-corrected chi connectivity index (χ1v) is 4.21. The molecule has 8 heteroatoms. The maximum absolute atomic E-state index is 12.6. The number of halogens is 2. The van der Waals surface area contributed by atoms with Crippen LogP contribution >= 0.6 is 0 Å². The van der Waals surface area contributed by atoms with Gasteiger partial charge in [-0.25, -0.2) is 8.78 Å². The van der Waals surface area contributed by atoms with Crippen LogP contribution in [0.25, 0.3) is 0 Å². The first kappa shape index (κ1) is 12.2. The molecule has 0 aromatic carbocycles. The molecule has 0 spiro atoms. The Kier molecular flexibility index (Phi) is 3.67. The summed E-state index contributed by atoms with van der Waals surface area (Å²) < 4.78 is 29.9. The molecule has 0 atom stereocenters. The quantitative estimate of drug-likeness (QED) is 0.626. The smallest absolute Gasteiger partial charge is 0.377 e. The molecule has 0 aliphatic heterocycles. The predicted octanol–water partition coefficient (Wildman–Crippen LogP) is 1.39. The number of nitrogens with zero attached hydrogens (tertiary/aromatic N) is 2. The van der Waals surface area contributed by atoms with Crippen LogP contribution in [0.1, 0.15) is 17.6 Å². The van der Waals surface area contributed by atoms with E-state index < -0.39 is 22.7 Å². The highest BCUT2D eigenvalue weighted by Gasteiger charge is 2.28. The summed E-state index contributed by atoms with van der Waals surface area (Å²) in [5.74, 6) is -1.04. The van der Waals surface area contributed by atoms with Crippen molar-refractivity contribution in [1.82, 2.24) is 4.98 Å². The molecule has 0 aliphatic rings. The molecule has 0 fully saturated rings. The molecule has 2 N–H and O–H groups in total. The molecule has 1 rings (SSSR count). The Morgan fingerprint density at radius 1 is 1.69 bits per heavy atom. The molecule has 0 amide bonds. The molecular weight excluding hydrogens is 224 g/mol. The van der Waals surface area contributed by atoms with Crippen LogP contribution in [0.3, 0.4) is 0 Å². The fourth-order valence-corrected chi connectivity index (χ4v) is 1.22. The lowest BCUT2D eigenvalue weighted by atomic mass is 10.1. The Hall–Kier alpha value is -1.83. The van der Waals surface area contributed by atoms with Gasteiger partial charge in [0.15, 0.2) is 0 Å². The van der Waals surface area contributed by atoms with E-state index >= 15 is 0 Å². The number of nitro groups is 1. The maximum atomic E-state index is 12.6. The first-order valence-electron chi connectivity index (χ1n) is 4.21. The SMILES string of the molecule is COc1cc(CN)c(C(F)F)c([N+](=O)[O-])n1. The lowest BCUT2D eigenvalue weighted by Gasteiger charge is -2.07. The summed E-state index contributed by atoms with van der Waals surface area (Å²) in [5.41, 5.74) is 4.44. The van der Waals surface area contributed by atoms with E-state index in [2.05, 4.69) is 9.72 Å². The van der Waals surface area contributed by atoms with Gasteiger partial charge in [-0.2, -0.15) is 0 Å². The minimum absolute atomic E-state index is 0.0476. The van der Waals surface area contributed by atoms with Crippen LogP contribution in [0.4, 0.5) is 14.6 Å². The van der Waals surface area contributed by atoms with Gasteiger partial charge >= 0.3 is 11.7 Å². The van der Waals surface area contributed by atoms with Crippen LogP contribution in [-0.4, -0.2) is 17.0 Å². The Labute approximate surface area is 89.2 Å². The third kappa shape index (κ3) is 2.22. The number of hydrogen-bond acceptors (Lipinski definition) is 5. The molecule has 88 valence electrons. The van der Waals surface area contributed by atoms with Gasteiger partial charge in [-0.15, -0.1) is 0 Å². The second-order valence-corrected chi connectivity index (χ2v) is 2.82. The fourth-order valence-electron chi connectivity index (χ4n) is 1.22. The van der Waals surface area contributed by atoms with Crippen molar-refractivity contribution in [3.63, 3.8) is 0 Å². The van der Waals surface area contributed by atoms with Crippen molar-refractivity contribution in [3.05, 3.63) is 27.3 Å². The van der Waals surface area contributed by atoms with Crippen LogP contribution in [0.5, 0.6) is 5.88 Å². The van der Waals surface area contributed by atoms with E-state index in [4.69, 9.17) is 5.73 Å². The van der Waals surface area contributed by atoms with Crippen molar-refractivity contribution < 1.29 is 18.4 Å². The standard InChI is InChI=1S/C8H9F2N3O3/c1-16-5-2-4(3-11)6(7(9)10)8(12-5)13(14)15/h2,7H,3,11H2,1H3. The summed E-state index contributed by atoms with van der Waals surface area (Å²) in [5, 5.41) is 10.6. The number of alkyl halides is 2. The van der Waals surface area contributed by atoms with Gasteiger partial charge in [0.25, 0.3) is 6.43 Å². The van der Waals surface area contributed by atoms with E-state index in [1.54, 1.807) is 0 Å². The zero-order chi connectivity index (χ0) is 12.3. The van der Waals surface area contributed by atoms with Crippen molar-refractivity contribution in [2.45, 2.75) is 13.0 Å². The van der Waals surface area contributed by atoms with Gasteiger partial charge in [0.2, 0.25) is 0 Å². The maximum Gasteiger partial charge on any atom is 0.377 e. The normalized spacial score (nSPS) is 10.6. The van der Waals surface area contributed by atoms with Gasteiger partial charge in [0, 0.05) is 17.6 Å². The van der Waals surface area contributed by atoms with E-state index in [1.807, 2.05) is 0 Å². The molecule has 1 aromatic rings. The molecule has 1 heterocycles. The monoisotopic (exact) mass is 233 g/mol. The van der Waals surface area contributed by atoms with E-state index in [0.29, 0.717) is 0 Å². The second-order valence-electron chi connectivity index (χ2n) is 2.82. The summed E-state index contributed by atoms with van der Waals surface area (Å²) in [4.78, 5) is 13.0. The molecule has 16 heavy (non-hydrogen) atoms. The summed E-state index contributed by atoms with van der Waals surface area (Å²) in [6, 6.07) is 1.16. The van der Waals surface area contributed by atoms with Crippen molar-refractivity contribution in [2.24, 2.45) is 5.73 Å². The van der Waals surface area contributed by atoms with Gasteiger partial charge in [-0.3, -0.25) is 0 Å². The highest BCUT2D eigenvalue weighted by Crippen LogP contribution is 2.32. The van der Waals surface area contributed by atoms with Gasteiger partial charge in [0.1, 0.15) is 5.56 Å². The Morgan fingerprint density at radius 3 is 2.69 bits per heavy atom. The van der Waals surface area contributed by atoms with Crippen LogP contribution < -0.4 is 10.5 Å². The molecule has 1 aromatic heterocycles. The van der Waals surface area contributed by atoms with E-state index in [0.717, 1.165) is 6.07 Å². The molecule has 0 radical (unpaired) electrons. The minimum Gasteiger partial charge on any atom is -0.463 e. The third-order valence-electron chi connectivity index (χ3n) is 1.92. The molecule has 0 aliphatic carbocycles. The molecule has 0 bridgehead atoms. The summed E-state index contributed by atoms with van der Waals surface area (Å²) in [6.45, 7) is -0.251. The number of ether oxygens (including phenoxy) is 1. The molecular formula is C8H9F2N3O3. The van der Waals surface area contributed by atoms with Gasteiger partial charge in [0.05, 0.1) is 7.11 Å². The van der Waals surface area contributed by atoms with Crippen molar-refractivity contribution in [2.75, 3.05) is 7.11 Å². The summed E-state index contributed by atoms with van der Waals surface area (Å²) in [7, 11) is 1.23. The Morgan fingerprint density at radius 2 is 2.31 bits per heavy atom. The van der Waals surface area contributed by atoms with Gasteiger partial charge in [-0.05, 0) is 10.5 Å². The number of hydrogen-bond donors (Lipinski definition) is 1. The topological polar surface area (TPSA) is 91.3 Å². The van der Waals surface area contributed by atoms with Crippen LogP contribution in [-0.2, 0) is 6.54 Å². The number of nitrogens with two attached hydrogens (primary N) is 1. The second kappa shape index (κ2) is 4.79. The average Bonchev–Trinajstić information content (AvgIpc) is 2.26. The lowest BCUT2D eigenvalue weighted by molar-refractivity contribution is -0.391. The molecule has 0 saturated heterocycles. The molecule has 0 saturated carbocycles. The van der Waals surface area contributed by atoms with E-state index in [9.17, 15) is 18.9 Å². The van der Waals surface area contributed by atoms with Crippen molar-refractivity contribution in [3.8, 4) is 5.88 Å². The third-order valence-corrected chi connectivity index (χ3v) is 1.92. The molecule has 6 nitrogen and oxygen atoms in total. The number of methoxy groups -OCH3 is 1. The van der Waals surface area contributed by atoms with Crippen molar-refractivity contribution >= 4 is 5.82 Å². The van der Waals surface area contributed by atoms with Gasteiger partial charge < -0.3 is 20.6 Å². The minimum atomic E-state index is -3.00. The van der Waals surface area contributed by atoms with Crippen LogP contribution in [0.15, 0.2) is 6.07 Å². The highest BCUT2D eigenvalue weighted by molar-refractivity contribution is 5.44. The number of rotatable bonds is 4. The zero-order valence-corrected chi connectivity index (χ0v) is 8.31. The van der Waals surface area contributed by atoms with E-state index in [-0.39, 0.29) is 18.0 Å². The number of pyridine rings is 1. The Bertz CT molecular complexity index is 412. The fraction of sp³-hybridized carbons (Fsp3) is 0.375. The highest BCUT2D eigenvalue weighted by atomic mass is 19.3. The summed E-state index contributed by atoms with van der Waals surface area (Å²) >= 11 is 0. The van der Waals surface area contributed by atoms with E-state index in [1.165, 1.54) is 7.11 Å². The van der Waals surface area contributed by atoms with Crippen LogP contribution in [0.2, 0.25) is 0 Å². The predicted molar refractivity (Wildman–Crippen MR) is 50.3 cm³/mol. The van der Waals surface area contributed by atoms with Crippen molar-refractivity contribution in [1.29, 1.82) is 0 Å².